The fourth-order valence-electron chi connectivity index (χ4n) is 2.69. The molecule has 1 aliphatic rings. The molecule has 0 spiro atoms. The van der Waals surface area contributed by atoms with Crippen molar-refractivity contribution in [3.63, 3.8) is 0 Å². The fraction of sp³-hybridized carbons (Fsp3) is 0.286. The molecule has 0 aromatic heterocycles. The van der Waals surface area contributed by atoms with Crippen molar-refractivity contribution in [1.29, 1.82) is 0 Å². The zero-order valence-corrected chi connectivity index (χ0v) is 15.5. The lowest BCUT2D eigenvalue weighted by Crippen LogP contribution is -2.44. The summed E-state index contributed by atoms with van der Waals surface area (Å²) in [4.78, 5) is 15.3. The number of hydrogen-bond acceptors (Lipinski definition) is 1. The summed E-state index contributed by atoms with van der Waals surface area (Å²) >= 11 is 0. The lowest BCUT2D eigenvalue weighted by Gasteiger charge is -2.36. The van der Waals surface area contributed by atoms with Crippen molar-refractivity contribution in [2.45, 2.75) is 25.5 Å². The largest absolute Gasteiger partial charge is 0.306 e. The van der Waals surface area contributed by atoms with E-state index >= 15 is 0 Å². The second kappa shape index (κ2) is 6.42. The summed E-state index contributed by atoms with van der Waals surface area (Å²) in [6, 6.07) is 16.0. The molecule has 24 heavy (non-hydrogen) atoms. The fourth-order valence-corrected chi connectivity index (χ4v) is 3.19. The number of carbonyl (C=O) groups excluding carboxylic acids is 1. The van der Waals surface area contributed by atoms with Crippen LogP contribution in [-0.4, -0.2) is 24.4 Å². The summed E-state index contributed by atoms with van der Waals surface area (Å²) in [5.41, 5.74) is 3.92. The number of anilines is 1. The van der Waals surface area contributed by atoms with Crippen molar-refractivity contribution in [3.05, 3.63) is 65.2 Å². The van der Waals surface area contributed by atoms with Gasteiger partial charge in [0.25, 0.3) is 0 Å². The minimum absolute atomic E-state index is 0.171. The predicted octanol–water partition coefficient (Wildman–Crippen LogP) is 4.45. The lowest BCUT2D eigenvalue weighted by atomic mass is 10.0. The Balaban J connectivity index is 2.17. The van der Waals surface area contributed by atoms with Crippen LogP contribution >= 0.6 is 7.92 Å². The Kier molecular flexibility index (Phi) is 4.48. The standard InChI is InChI=1S/C21H22NOP/c1-21(2,24(3)4)20(23)22-15-18-11-6-5-9-16(18)13-14-17-10-7-8-12-19(17)22/h5-12H,15H2,1-4H3. The third kappa shape index (κ3) is 2.97. The van der Waals surface area contributed by atoms with Crippen LogP contribution in [0.1, 0.15) is 30.5 Å². The first kappa shape index (κ1) is 16.7. The Morgan fingerprint density at radius 2 is 1.58 bits per heavy atom. The molecule has 0 aliphatic carbocycles. The molecular formula is C21H22NOP. The Morgan fingerprint density at radius 3 is 2.29 bits per heavy atom. The van der Waals surface area contributed by atoms with E-state index in [1.165, 1.54) is 0 Å². The van der Waals surface area contributed by atoms with Gasteiger partial charge in [-0.2, -0.15) is 0 Å². The summed E-state index contributed by atoms with van der Waals surface area (Å²) in [6.45, 7) is 9.00. The van der Waals surface area contributed by atoms with Gasteiger partial charge < -0.3 is 4.90 Å². The summed E-state index contributed by atoms with van der Waals surface area (Å²) in [7, 11) is -0.407. The molecule has 0 atom stereocenters. The second-order valence-electron chi connectivity index (χ2n) is 6.77. The van der Waals surface area contributed by atoms with Crippen LogP contribution in [0, 0.1) is 11.8 Å². The molecule has 0 saturated heterocycles. The molecule has 3 rings (SSSR count). The topological polar surface area (TPSA) is 20.3 Å². The Labute approximate surface area is 145 Å². The van der Waals surface area contributed by atoms with E-state index < -0.39 is 7.92 Å². The zero-order valence-electron chi connectivity index (χ0n) is 14.6. The Bertz CT molecular complexity index is 842. The highest BCUT2D eigenvalue weighted by atomic mass is 31.1. The molecule has 1 amide bonds. The maximum atomic E-state index is 13.4. The molecule has 0 fully saturated rings. The molecule has 2 nitrogen and oxygen atoms in total. The summed E-state index contributed by atoms with van der Waals surface area (Å²) < 4.78 is 0. The van der Waals surface area contributed by atoms with Crippen LogP contribution in [0.5, 0.6) is 0 Å². The van der Waals surface area contributed by atoms with Crippen LogP contribution in [0.25, 0.3) is 0 Å². The molecule has 1 heterocycles. The van der Waals surface area contributed by atoms with Gasteiger partial charge in [0.05, 0.1) is 17.4 Å². The van der Waals surface area contributed by atoms with Crippen LogP contribution in [-0.2, 0) is 11.3 Å². The number of fused-ring (bicyclic) bond motifs is 2. The molecule has 0 unspecified atom stereocenters. The molecule has 0 radical (unpaired) electrons. The van der Waals surface area contributed by atoms with Crippen LogP contribution < -0.4 is 4.90 Å². The zero-order chi connectivity index (χ0) is 17.3. The van der Waals surface area contributed by atoms with Crippen LogP contribution in [0.15, 0.2) is 48.5 Å². The van der Waals surface area contributed by atoms with Gasteiger partial charge in [-0.1, -0.05) is 50.1 Å². The Morgan fingerprint density at radius 1 is 1.00 bits per heavy atom. The summed E-state index contributed by atoms with van der Waals surface area (Å²) in [5.74, 6) is 6.68. The molecule has 122 valence electrons. The van der Waals surface area contributed by atoms with E-state index in [9.17, 15) is 4.79 Å². The van der Waals surface area contributed by atoms with Gasteiger partial charge in [0.1, 0.15) is 0 Å². The van der Waals surface area contributed by atoms with Crippen molar-refractivity contribution in [2.75, 3.05) is 18.2 Å². The highest BCUT2D eigenvalue weighted by Crippen LogP contribution is 2.44. The molecule has 2 aromatic rings. The van der Waals surface area contributed by atoms with E-state index in [2.05, 4.69) is 45.1 Å². The van der Waals surface area contributed by atoms with E-state index in [1.54, 1.807) is 0 Å². The number of para-hydroxylation sites is 1. The second-order valence-corrected chi connectivity index (χ2v) is 9.68. The Hall–Kier alpha value is -2.10. The first-order valence-corrected chi connectivity index (χ1v) is 10.3. The van der Waals surface area contributed by atoms with Crippen molar-refractivity contribution >= 4 is 19.5 Å². The summed E-state index contributed by atoms with van der Waals surface area (Å²) in [5, 5.41) is -0.371. The minimum atomic E-state index is -0.407. The van der Waals surface area contributed by atoms with E-state index in [0.29, 0.717) is 6.54 Å². The maximum absolute atomic E-state index is 13.4. The average Bonchev–Trinajstić information content (AvgIpc) is 2.56. The van der Waals surface area contributed by atoms with Crippen LogP contribution in [0.2, 0.25) is 0 Å². The predicted molar refractivity (Wildman–Crippen MR) is 103 cm³/mol. The molecule has 1 aliphatic heterocycles. The van der Waals surface area contributed by atoms with Gasteiger partial charge in [-0.3, -0.25) is 4.79 Å². The highest BCUT2D eigenvalue weighted by Gasteiger charge is 2.36. The monoisotopic (exact) mass is 335 g/mol. The number of hydrogen-bond donors (Lipinski definition) is 0. The molecule has 2 aromatic carbocycles. The quantitative estimate of drug-likeness (QED) is 0.586. The average molecular weight is 335 g/mol. The van der Waals surface area contributed by atoms with E-state index in [-0.39, 0.29) is 11.1 Å². The molecule has 0 N–H and O–H groups in total. The minimum Gasteiger partial charge on any atom is -0.306 e. The van der Waals surface area contributed by atoms with Gasteiger partial charge in [0.2, 0.25) is 5.91 Å². The van der Waals surface area contributed by atoms with E-state index in [1.807, 2.05) is 47.4 Å². The van der Waals surface area contributed by atoms with Gasteiger partial charge in [-0.05, 0) is 50.9 Å². The number of carbonyl (C=O) groups is 1. The van der Waals surface area contributed by atoms with Crippen molar-refractivity contribution in [1.82, 2.24) is 0 Å². The number of nitrogens with zero attached hydrogens (tertiary/aromatic N) is 1. The molecule has 0 bridgehead atoms. The van der Waals surface area contributed by atoms with Gasteiger partial charge in [-0.25, -0.2) is 0 Å². The van der Waals surface area contributed by atoms with Crippen molar-refractivity contribution < 1.29 is 4.79 Å². The first-order valence-electron chi connectivity index (χ1n) is 8.09. The van der Waals surface area contributed by atoms with Crippen molar-refractivity contribution in [3.8, 4) is 11.8 Å². The lowest BCUT2D eigenvalue weighted by molar-refractivity contribution is -0.120. The van der Waals surface area contributed by atoms with Gasteiger partial charge in [0, 0.05) is 11.1 Å². The van der Waals surface area contributed by atoms with E-state index in [0.717, 1.165) is 22.4 Å². The first-order chi connectivity index (χ1) is 11.4. The molecule has 0 saturated carbocycles. The third-order valence-electron chi connectivity index (χ3n) is 4.76. The SMILES string of the molecule is CP(C)C(C)(C)C(=O)N1Cc2ccccc2C#Cc2ccccc21. The van der Waals surface area contributed by atoms with E-state index in [4.69, 9.17) is 0 Å². The smallest absolute Gasteiger partial charge is 0.237 e. The normalized spacial score (nSPS) is 13.3. The van der Waals surface area contributed by atoms with Crippen LogP contribution in [0.3, 0.4) is 0 Å². The highest BCUT2D eigenvalue weighted by molar-refractivity contribution is 7.58. The van der Waals surface area contributed by atoms with Crippen LogP contribution in [0.4, 0.5) is 5.69 Å². The number of amides is 1. The van der Waals surface area contributed by atoms with Crippen molar-refractivity contribution in [2.24, 2.45) is 0 Å². The third-order valence-corrected chi connectivity index (χ3v) is 7.19. The number of rotatable bonds is 2. The maximum Gasteiger partial charge on any atom is 0.237 e. The van der Waals surface area contributed by atoms with Gasteiger partial charge >= 0.3 is 0 Å². The van der Waals surface area contributed by atoms with Gasteiger partial charge in [-0.15, -0.1) is 0 Å². The van der Waals surface area contributed by atoms with Gasteiger partial charge in [0.15, 0.2) is 0 Å². The molecular weight excluding hydrogens is 313 g/mol. The number of benzene rings is 2. The molecule has 3 heteroatoms. The summed E-state index contributed by atoms with van der Waals surface area (Å²) in [6.07, 6.45) is 0.